The summed E-state index contributed by atoms with van der Waals surface area (Å²) in [6.07, 6.45) is 2.22. The molecule has 21 heavy (non-hydrogen) atoms. The lowest BCUT2D eigenvalue weighted by Gasteiger charge is -2.10. The second-order valence-corrected chi connectivity index (χ2v) is 4.63. The Bertz CT molecular complexity index is 649. The average molecular weight is 289 g/mol. The summed E-state index contributed by atoms with van der Waals surface area (Å²) in [6.45, 7) is 1.56. The Balaban J connectivity index is 1.72. The molecule has 3 rings (SSSR count). The summed E-state index contributed by atoms with van der Waals surface area (Å²) in [5.41, 5.74) is 0.976. The maximum Gasteiger partial charge on any atom is 0.339 e. The number of ether oxygens (including phenoxy) is 2. The van der Waals surface area contributed by atoms with Crippen LogP contribution in [0.5, 0.6) is 11.5 Å². The van der Waals surface area contributed by atoms with E-state index < -0.39 is 5.97 Å². The molecule has 0 saturated heterocycles. The predicted molar refractivity (Wildman–Crippen MR) is 75.0 cm³/mol. The quantitative estimate of drug-likeness (QED) is 0.900. The zero-order valence-electron chi connectivity index (χ0n) is 11.3. The molecule has 1 aromatic carbocycles. The van der Waals surface area contributed by atoms with Crippen LogP contribution in [-0.2, 0) is 6.54 Å². The van der Waals surface area contributed by atoms with E-state index in [-0.39, 0.29) is 12.1 Å². The molecule has 0 atom stereocenters. The Morgan fingerprint density at radius 2 is 2.00 bits per heavy atom. The minimum atomic E-state index is -1.00. The van der Waals surface area contributed by atoms with E-state index in [2.05, 4.69) is 5.32 Å². The Morgan fingerprint density at radius 3 is 2.81 bits per heavy atom. The molecule has 0 spiro atoms. The van der Waals surface area contributed by atoms with Crippen molar-refractivity contribution >= 4 is 11.7 Å². The van der Waals surface area contributed by atoms with Crippen molar-refractivity contribution in [2.75, 3.05) is 18.5 Å². The Morgan fingerprint density at radius 1 is 1.19 bits per heavy atom. The van der Waals surface area contributed by atoms with Gasteiger partial charge in [0.05, 0.1) is 26.0 Å². The fourth-order valence-electron chi connectivity index (χ4n) is 2.12. The van der Waals surface area contributed by atoms with Crippen LogP contribution in [0.15, 0.2) is 34.9 Å². The fraction of sp³-hybridized carbons (Fsp3) is 0.267. The van der Waals surface area contributed by atoms with Crippen molar-refractivity contribution in [2.45, 2.75) is 13.0 Å². The number of hydrogen-bond donors (Lipinski definition) is 2. The molecule has 0 fully saturated rings. The number of fused-ring (bicyclic) bond motifs is 1. The van der Waals surface area contributed by atoms with Crippen molar-refractivity contribution in [3.8, 4) is 11.5 Å². The minimum Gasteiger partial charge on any atom is -0.490 e. The minimum absolute atomic E-state index is 0.164. The molecule has 6 heteroatoms. The molecule has 0 saturated carbocycles. The van der Waals surface area contributed by atoms with Crippen LogP contribution in [0, 0.1) is 0 Å². The van der Waals surface area contributed by atoms with Crippen molar-refractivity contribution in [2.24, 2.45) is 0 Å². The van der Waals surface area contributed by atoms with Gasteiger partial charge in [0.25, 0.3) is 0 Å². The van der Waals surface area contributed by atoms with Crippen LogP contribution in [-0.4, -0.2) is 24.3 Å². The Kier molecular flexibility index (Phi) is 3.68. The first kappa shape index (κ1) is 13.4. The van der Waals surface area contributed by atoms with Gasteiger partial charge in [0.1, 0.15) is 11.3 Å². The highest BCUT2D eigenvalue weighted by Gasteiger charge is 2.14. The van der Waals surface area contributed by atoms with Crippen molar-refractivity contribution in [3.05, 3.63) is 41.9 Å². The highest BCUT2D eigenvalue weighted by molar-refractivity contribution is 5.88. The molecule has 2 N–H and O–H groups in total. The number of aromatic carboxylic acids is 1. The molecule has 6 nitrogen and oxygen atoms in total. The molecule has 0 aliphatic carbocycles. The van der Waals surface area contributed by atoms with Crippen LogP contribution in [0.1, 0.15) is 22.5 Å². The van der Waals surface area contributed by atoms with Crippen LogP contribution in [0.2, 0.25) is 0 Å². The fourth-order valence-corrected chi connectivity index (χ4v) is 2.12. The van der Waals surface area contributed by atoms with E-state index in [0.717, 1.165) is 17.9 Å². The van der Waals surface area contributed by atoms with Crippen LogP contribution < -0.4 is 14.8 Å². The predicted octanol–water partition coefficient (Wildman–Crippen LogP) is 2.75. The van der Waals surface area contributed by atoms with Crippen molar-refractivity contribution in [3.63, 3.8) is 0 Å². The number of rotatable bonds is 4. The van der Waals surface area contributed by atoms with Gasteiger partial charge >= 0.3 is 5.97 Å². The van der Waals surface area contributed by atoms with Gasteiger partial charge in [-0.2, -0.15) is 0 Å². The summed E-state index contributed by atoms with van der Waals surface area (Å²) >= 11 is 0. The van der Waals surface area contributed by atoms with E-state index in [1.807, 2.05) is 18.2 Å². The SMILES string of the molecule is O=C(O)c1ccoc1CNc1ccc2c(c1)OCCCO2. The summed E-state index contributed by atoms with van der Waals surface area (Å²) in [5.74, 6) is 0.798. The van der Waals surface area contributed by atoms with Gasteiger partial charge in [0.15, 0.2) is 11.5 Å². The van der Waals surface area contributed by atoms with Gasteiger partial charge in [-0.3, -0.25) is 0 Å². The molecule has 0 unspecified atom stereocenters. The number of carboxylic acids is 1. The monoisotopic (exact) mass is 289 g/mol. The second kappa shape index (κ2) is 5.78. The highest BCUT2D eigenvalue weighted by atomic mass is 16.5. The first-order valence-electron chi connectivity index (χ1n) is 6.67. The van der Waals surface area contributed by atoms with Crippen LogP contribution in [0.25, 0.3) is 0 Å². The van der Waals surface area contributed by atoms with E-state index in [4.69, 9.17) is 19.0 Å². The number of nitrogens with one attached hydrogen (secondary N) is 1. The molecular weight excluding hydrogens is 274 g/mol. The van der Waals surface area contributed by atoms with Gasteiger partial charge in [-0.25, -0.2) is 4.79 Å². The second-order valence-electron chi connectivity index (χ2n) is 4.63. The summed E-state index contributed by atoms with van der Waals surface area (Å²) < 4.78 is 16.3. The highest BCUT2D eigenvalue weighted by Crippen LogP contribution is 2.32. The number of carboxylic acid groups (broad SMARTS) is 1. The number of hydrogen-bond acceptors (Lipinski definition) is 5. The maximum absolute atomic E-state index is 11.0. The number of anilines is 1. The van der Waals surface area contributed by atoms with Crippen molar-refractivity contribution in [1.82, 2.24) is 0 Å². The van der Waals surface area contributed by atoms with Gasteiger partial charge in [-0.1, -0.05) is 0 Å². The molecule has 1 aliphatic heterocycles. The lowest BCUT2D eigenvalue weighted by molar-refractivity contribution is 0.0694. The van der Waals surface area contributed by atoms with E-state index in [9.17, 15) is 4.79 Å². The van der Waals surface area contributed by atoms with E-state index >= 15 is 0 Å². The largest absolute Gasteiger partial charge is 0.490 e. The topological polar surface area (TPSA) is 80.9 Å². The van der Waals surface area contributed by atoms with Crippen LogP contribution in [0.3, 0.4) is 0 Å². The Hall–Kier alpha value is -2.63. The third-order valence-electron chi connectivity index (χ3n) is 3.18. The van der Waals surface area contributed by atoms with Crippen LogP contribution in [0.4, 0.5) is 5.69 Å². The van der Waals surface area contributed by atoms with E-state index in [1.165, 1.54) is 12.3 Å². The first-order valence-corrected chi connectivity index (χ1v) is 6.67. The summed E-state index contributed by atoms with van der Waals surface area (Å²) in [5, 5.41) is 12.1. The molecule has 0 bridgehead atoms. The van der Waals surface area contributed by atoms with E-state index in [0.29, 0.717) is 24.7 Å². The number of furan rings is 1. The molecule has 0 radical (unpaired) electrons. The lowest BCUT2D eigenvalue weighted by Crippen LogP contribution is -2.05. The molecule has 1 aromatic heterocycles. The van der Waals surface area contributed by atoms with Crippen molar-refractivity contribution in [1.29, 1.82) is 0 Å². The Labute approximate surface area is 121 Å². The summed E-state index contributed by atoms with van der Waals surface area (Å²) in [7, 11) is 0. The van der Waals surface area contributed by atoms with Gasteiger partial charge in [-0.15, -0.1) is 0 Å². The third-order valence-corrected chi connectivity index (χ3v) is 3.18. The van der Waals surface area contributed by atoms with E-state index in [1.54, 1.807) is 0 Å². The smallest absolute Gasteiger partial charge is 0.339 e. The first-order chi connectivity index (χ1) is 10.2. The zero-order chi connectivity index (χ0) is 14.7. The number of carbonyl (C=O) groups is 1. The molecule has 110 valence electrons. The summed E-state index contributed by atoms with van der Waals surface area (Å²) in [6, 6.07) is 6.97. The van der Waals surface area contributed by atoms with Gasteiger partial charge in [0.2, 0.25) is 0 Å². The van der Waals surface area contributed by atoms with Gasteiger partial charge in [-0.05, 0) is 18.2 Å². The molecular formula is C15H15NO5. The van der Waals surface area contributed by atoms with Gasteiger partial charge < -0.3 is 24.3 Å². The third kappa shape index (κ3) is 2.94. The molecule has 0 amide bonds. The summed E-state index contributed by atoms with van der Waals surface area (Å²) in [4.78, 5) is 11.0. The molecule has 2 aromatic rings. The zero-order valence-corrected chi connectivity index (χ0v) is 11.3. The van der Waals surface area contributed by atoms with Crippen molar-refractivity contribution < 1.29 is 23.8 Å². The molecule has 2 heterocycles. The van der Waals surface area contributed by atoms with Crippen LogP contribution >= 0.6 is 0 Å². The molecule has 1 aliphatic rings. The normalized spacial score (nSPS) is 13.5. The number of benzene rings is 1. The van der Waals surface area contributed by atoms with Gasteiger partial charge in [0, 0.05) is 18.2 Å². The average Bonchev–Trinajstić information content (AvgIpc) is 2.83. The standard InChI is InChI=1S/C15H15NO5/c17-15(18)11-4-7-21-14(11)9-16-10-2-3-12-13(8-10)20-6-1-5-19-12/h2-4,7-8,16H,1,5-6,9H2,(H,17,18). The maximum atomic E-state index is 11.0. The lowest BCUT2D eigenvalue weighted by atomic mass is 10.2.